The summed E-state index contributed by atoms with van der Waals surface area (Å²) in [4.78, 5) is 9.12. The van der Waals surface area contributed by atoms with Gasteiger partial charge in [-0.2, -0.15) is 0 Å². The first-order valence-corrected chi connectivity index (χ1v) is 5.87. The molecule has 0 aliphatic rings. The Morgan fingerprint density at radius 2 is 2.18 bits per heavy atom. The molecule has 2 rings (SSSR count). The van der Waals surface area contributed by atoms with Crippen LogP contribution < -0.4 is 0 Å². The minimum Gasteiger partial charge on any atom is -0.392 e. The zero-order chi connectivity index (χ0) is 12.3. The minimum absolute atomic E-state index is 0.202. The number of halogens is 1. The number of aryl methyl sites for hydroxylation is 1. The van der Waals surface area contributed by atoms with Crippen molar-refractivity contribution in [2.45, 2.75) is 23.6 Å². The third-order valence-electron chi connectivity index (χ3n) is 2.17. The summed E-state index contributed by atoms with van der Waals surface area (Å²) in [6.45, 7) is 1.68. The second-order valence-corrected chi connectivity index (χ2v) is 4.50. The van der Waals surface area contributed by atoms with E-state index in [-0.39, 0.29) is 12.4 Å². The molecular weight excluding hydrogens is 239 g/mol. The van der Waals surface area contributed by atoms with Crippen molar-refractivity contribution in [3.63, 3.8) is 0 Å². The number of hydrogen-bond donors (Lipinski definition) is 1. The fraction of sp³-hybridized carbons (Fsp3) is 0.167. The summed E-state index contributed by atoms with van der Waals surface area (Å²) in [5.41, 5.74) is 1.41. The van der Waals surface area contributed by atoms with Gasteiger partial charge in [-0.05, 0) is 48.5 Å². The zero-order valence-corrected chi connectivity index (χ0v) is 10.0. The van der Waals surface area contributed by atoms with Gasteiger partial charge in [0, 0.05) is 16.8 Å². The Labute approximate surface area is 103 Å². The lowest BCUT2D eigenvalue weighted by molar-refractivity contribution is 0.278. The molecule has 1 aromatic carbocycles. The molecule has 0 radical (unpaired) electrons. The lowest BCUT2D eigenvalue weighted by Crippen LogP contribution is -1.92. The molecule has 88 valence electrons. The number of aliphatic hydroxyl groups excluding tert-OH is 1. The van der Waals surface area contributed by atoms with Crippen LogP contribution in [-0.4, -0.2) is 15.1 Å². The molecule has 0 unspecified atom stereocenters. The highest BCUT2D eigenvalue weighted by Gasteiger charge is 2.07. The summed E-state index contributed by atoms with van der Waals surface area (Å²) in [6.07, 6.45) is 1.67. The quantitative estimate of drug-likeness (QED) is 0.850. The van der Waals surface area contributed by atoms with Crippen LogP contribution in [0.25, 0.3) is 0 Å². The number of benzene rings is 1. The van der Waals surface area contributed by atoms with Gasteiger partial charge in [-0.25, -0.2) is 14.4 Å². The minimum atomic E-state index is -0.358. The van der Waals surface area contributed by atoms with E-state index in [9.17, 15) is 4.39 Å². The fourth-order valence-electron chi connectivity index (χ4n) is 1.34. The molecule has 0 bridgehead atoms. The first-order valence-electron chi connectivity index (χ1n) is 5.06. The summed E-state index contributed by atoms with van der Waals surface area (Å²) in [5.74, 6) is -0.358. The summed E-state index contributed by atoms with van der Waals surface area (Å²) in [6, 6.07) is 6.11. The Balaban J connectivity index is 2.29. The van der Waals surface area contributed by atoms with Crippen molar-refractivity contribution in [3.8, 4) is 0 Å². The van der Waals surface area contributed by atoms with Crippen molar-refractivity contribution in [3.05, 3.63) is 47.5 Å². The van der Waals surface area contributed by atoms with E-state index in [1.165, 1.54) is 23.9 Å². The van der Waals surface area contributed by atoms with E-state index in [2.05, 4.69) is 9.97 Å². The maximum Gasteiger partial charge on any atom is 0.192 e. The SMILES string of the molecule is Cc1ccnc(Sc2ccc(F)cc2CO)n1. The summed E-state index contributed by atoms with van der Waals surface area (Å²) in [5, 5.41) is 9.74. The van der Waals surface area contributed by atoms with Crippen molar-refractivity contribution in [1.29, 1.82) is 0 Å². The van der Waals surface area contributed by atoms with Crippen LogP contribution in [-0.2, 0) is 6.61 Å². The topological polar surface area (TPSA) is 46.0 Å². The zero-order valence-electron chi connectivity index (χ0n) is 9.22. The Hall–Kier alpha value is -1.46. The number of aromatic nitrogens is 2. The molecule has 0 saturated carbocycles. The lowest BCUT2D eigenvalue weighted by atomic mass is 10.2. The van der Waals surface area contributed by atoms with Gasteiger partial charge in [0.25, 0.3) is 0 Å². The number of hydrogen-bond acceptors (Lipinski definition) is 4. The molecule has 0 spiro atoms. The molecule has 0 amide bonds. The third kappa shape index (κ3) is 3.01. The monoisotopic (exact) mass is 250 g/mol. The third-order valence-corrected chi connectivity index (χ3v) is 3.16. The van der Waals surface area contributed by atoms with Crippen LogP contribution in [0.2, 0.25) is 0 Å². The molecule has 0 atom stereocenters. The van der Waals surface area contributed by atoms with Crippen molar-refractivity contribution < 1.29 is 9.50 Å². The summed E-state index contributed by atoms with van der Waals surface area (Å²) < 4.78 is 13.0. The molecule has 0 saturated heterocycles. The predicted octanol–water partition coefficient (Wildman–Crippen LogP) is 2.57. The van der Waals surface area contributed by atoms with Gasteiger partial charge in [-0.15, -0.1) is 0 Å². The van der Waals surface area contributed by atoms with Gasteiger partial charge in [0.2, 0.25) is 0 Å². The molecule has 5 heteroatoms. The highest BCUT2D eigenvalue weighted by atomic mass is 32.2. The molecule has 1 N–H and O–H groups in total. The predicted molar refractivity (Wildman–Crippen MR) is 63.2 cm³/mol. The van der Waals surface area contributed by atoms with Crippen LogP contribution in [0.15, 0.2) is 40.5 Å². The van der Waals surface area contributed by atoms with E-state index in [0.29, 0.717) is 10.7 Å². The molecular formula is C12H11FN2OS. The van der Waals surface area contributed by atoms with Crippen LogP contribution in [0.3, 0.4) is 0 Å². The molecule has 0 aliphatic heterocycles. The van der Waals surface area contributed by atoms with Crippen molar-refractivity contribution in [2.24, 2.45) is 0 Å². The first kappa shape index (κ1) is 12.0. The first-order chi connectivity index (χ1) is 8.19. The van der Waals surface area contributed by atoms with E-state index < -0.39 is 0 Å². The van der Waals surface area contributed by atoms with Gasteiger partial charge in [-0.3, -0.25) is 0 Å². The van der Waals surface area contributed by atoms with Gasteiger partial charge in [0.15, 0.2) is 5.16 Å². The normalized spacial score (nSPS) is 10.5. The molecule has 0 fully saturated rings. The smallest absolute Gasteiger partial charge is 0.192 e. The largest absolute Gasteiger partial charge is 0.392 e. The van der Waals surface area contributed by atoms with Crippen LogP contribution in [0.5, 0.6) is 0 Å². The van der Waals surface area contributed by atoms with Gasteiger partial charge in [0.05, 0.1) is 6.61 Å². The van der Waals surface area contributed by atoms with Crippen LogP contribution in [0.1, 0.15) is 11.3 Å². The summed E-state index contributed by atoms with van der Waals surface area (Å²) in [7, 11) is 0. The van der Waals surface area contributed by atoms with Gasteiger partial charge < -0.3 is 5.11 Å². The highest BCUT2D eigenvalue weighted by molar-refractivity contribution is 7.99. The van der Waals surface area contributed by atoms with Gasteiger partial charge in [0.1, 0.15) is 5.82 Å². The Bertz CT molecular complexity index is 534. The van der Waals surface area contributed by atoms with Crippen LogP contribution in [0, 0.1) is 12.7 Å². The molecule has 17 heavy (non-hydrogen) atoms. The van der Waals surface area contributed by atoms with E-state index in [4.69, 9.17) is 5.11 Å². The second-order valence-electron chi connectivity index (χ2n) is 3.49. The van der Waals surface area contributed by atoms with Crippen LogP contribution >= 0.6 is 11.8 Å². The average molecular weight is 250 g/mol. The van der Waals surface area contributed by atoms with E-state index in [1.54, 1.807) is 12.3 Å². The second kappa shape index (κ2) is 5.25. The van der Waals surface area contributed by atoms with E-state index in [1.807, 2.05) is 13.0 Å². The molecule has 3 nitrogen and oxygen atoms in total. The fourth-order valence-corrected chi connectivity index (χ4v) is 2.24. The maximum absolute atomic E-state index is 13.0. The summed E-state index contributed by atoms with van der Waals surface area (Å²) >= 11 is 1.31. The van der Waals surface area contributed by atoms with E-state index in [0.717, 1.165) is 10.6 Å². The highest BCUT2D eigenvalue weighted by Crippen LogP contribution is 2.28. The maximum atomic E-state index is 13.0. The Morgan fingerprint density at radius 1 is 1.35 bits per heavy atom. The van der Waals surface area contributed by atoms with Crippen molar-refractivity contribution >= 4 is 11.8 Å². The number of aliphatic hydroxyl groups is 1. The molecule has 1 heterocycles. The van der Waals surface area contributed by atoms with Crippen molar-refractivity contribution in [1.82, 2.24) is 9.97 Å². The van der Waals surface area contributed by atoms with E-state index >= 15 is 0 Å². The number of nitrogens with zero attached hydrogens (tertiary/aromatic N) is 2. The molecule has 0 aliphatic carbocycles. The lowest BCUT2D eigenvalue weighted by Gasteiger charge is -2.06. The molecule has 1 aromatic heterocycles. The average Bonchev–Trinajstić information content (AvgIpc) is 2.31. The van der Waals surface area contributed by atoms with Crippen LogP contribution in [0.4, 0.5) is 4.39 Å². The van der Waals surface area contributed by atoms with Crippen molar-refractivity contribution in [2.75, 3.05) is 0 Å². The van der Waals surface area contributed by atoms with Gasteiger partial charge in [-0.1, -0.05) is 0 Å². The standard InChI is InChI=1S/C12H11FN2OS/c1-8-4-5-14-12(15-8)17-11-3-2-10(13)6-9(11)7-16/h2-6,16H,7H2,1H3. The Morgan fingerprint density at radius 3 is 2.88 bits per heavy atom. The number of rotatable bonds is 3. The Kier molecular flexibility index (Phi) is 3.71. The molecule has 2 aromatic rings. The van der Waals surface area contributed by atoms with Gasteiger partial charge >= 0.3 is 0 Å².